The van der Waals surface area contributed by atoms with Gasteiger partial charge in [0.2, 0.25) is 5.91 Å². The number of nitrogens with zero attached hydrogens (tertiary/aromatic N) is 1. The molecule has 1 heterocycles. The fourth-order valence-corrected chi connectivity index (χ4v) is 2.72. The van der Waals surface area contributed by atoms with E-state index in [4.69, 9.17) is 0 Å². The Morgan fingerprint density at radius 3 is 3.00 bits per heavy atom. The van der Waals surface area contributed by atoms with E-state index in [0.717, 1.165) is 17.2 Å². The van der Waals surface area contributed by atoms with E-state index in [0.29, 0.717) is 5.92 Å². The summed E-state index contributed by atoms with van der Waals surface area (Å²) >= 11 is 1.60. The van der Waals surface area contributed by atoms with Crippen LogP contribution in [-0.2, 0) is 4.79 Å². The van der Waals surface area contributed by atoms with Crippen molar-refractivity contribution in [3.8, 4) is 0 Å². The third-order valence-corrected chi connectivity index (χ3v) is 3.87. The quantitative estimate of drug-likeness (QED) is 0.835. The van der Waals surface area contributed by atoms with Crippen LogP contribution in [0.5, 0.6) is 0 Å². The number of carbonyl (C=O) groups is 1. The number of aromatic nitrogens is 1. The van der Waals surface area contributed by atoms with Crippen molar-refractivity contribution in [3.63, 3.8) is 0 Å². The van der Waals surface area contributed by atoms with Gasteiger partial charge >= 0.3 is 0 Å². The number of rotatable bonds is 4. The molecule has 1 N–H and O–H groups in total. The molecule has 92 valence electrons. The summed E-state index contributed by atoms with van der Waals surface area (Å²) in [5, 5.41) is 5.93. The van der Waals surface area contributed by atoms with Crippen LogP contribution in [0.1, 0.15) is 36.4 Å². The Bertz CT molecular complexity index is 405. The Hall–Kier alpha value is -1.16. The first-order valence-electron chi connectivity index (χ1n) is 6.12. The molecule has 1 amide bonds. The smallest absolute Gasteiger partial charge is 0.244 e. The molecule has 0 atom stereocenters. The molecule has 1 aromatic rings. The van der Waals surface area contributed by atoms with Gasteiger partial charge in [-0.3, -0.25) is 4.79 Å². The van der Waals surface area contributed by atoms with Gasteiger partial charge in [-0.25, -0.2) is 4.98 Å². The number of hydrogen-bond acceptors (Lipinski definition) is 3. The lowest BCUT2D eigenvalue weighted by Gasteiger charge is -2.08. The summed E-state index contributed by atoms with van der Waals surface area (Å²) in [6.45, 7) is 2.78. The van der Waals surface area contributed by atoms with E-state index < -0.39 is 0 Å². The van der Waals surface area contributed by atoms with Crippen LogP contribution in [0.25, 0.3) is 6.08 Å². The first-order valence-corrected chi connectivity index (χ1v) is 7.00. The lowest BCUT2D eigenvalue weighted by Crippen LogP contribution is -2.26. The molecular weight excluding hydrogens is 232 g/mol. The van der Waals surface area contributed by atoms with Gasteiger partial charge in [-0.15, -0.1) is 11.3 Å². The maximum Gasteiger partial charge on any atom is 0.244 e. The van der Waals surface area contributed by atoms with Crippen molar-refractivity contribution in [2.75, 3.05) is 6.54 Å². The van der Waals surface area contributed by atoms with Gasteiger partial charge in [-0.1, -0.05) is 12.8 Å². The lowest BCUT2D eigenvalue weighted by molar-refractivity contribution is -0.116. The van der Waals surface area contributed by atoms with Crippen molar-refractivity contribution < 1.29 is 4.79 Å². The number of aryl methyl sites for hydroxylation is 1. The zero-order valence-corrected chi connectivity index (χ0v) is 10.9. The summed E-state index contributed by atoms with van der Waals surface area (Å²) < 4.78 is 0. The summed E-state index contributed by atoms with van der Waals surface area (Å²) in [7, 11) is 0. The van der Waals surface area contributed by atoms with Crippen LogP contribution in [0.15, 0.2) is 11.5 Å². The van der Waals surface area contributed by atoms with Gasteiger partial charge in [0.1, 0.15) is 0 Å². The van der Waals surface area contributed by atoms with E-state index >= 15 is 0 Å². The highest BCUT2D eigenvalue weighted by Gasteiger charge is 2.14. The molecule has 4 heteroatoms. The van der Waals surface area contributed by atoms with Crippen LogP contribution in [-0.4, -0.2) is 17.4 Å². The number of hydrogen-bond donors (Lipinski definition) is 1. The fourth-order valence-electron chi connectivity index (χ4n) is 2.14. The van der Waals surface area contributed by atoms with Gasteiger partial charge in [-0.05, 0) is 31.8 Å². The Balaban J connectivity index is 1.74. The Morgan fingerprint density at radius 1 is 1.59 bits per heavy atom. The summed E-state index contributed by atoms with van der Waals surface area (Å²) in [4.78, 5) is 15.8. The zero-order valence-electron chi connectivity index (χ0n) is 10.1. The van der Waals surface area contributed by atoms with Crippen LogP contribution >= 0.6 is 11.3 Å². The first-order chi connectivity index (χ1) is 8.24. The summed E-state index contributed by atoms with van der Waals surface area (Å²) in [5.41, 5.74) is 0.864. The summed E-state index contributed by atoms with van der Waals surface area (Å²) in [6, 6.07) is 0. The van der Waals surface area contributed by atoms with E-state index in [1.165, 1.54) is 25.7 Å². The molecule has 0 radical (unpaired) electrons. The zero-order chi connectivity index (χ0) is 12.1. The Kier molecular flexibility index (Phi) is 4.31. The normalized spacial score (nSPS) is 16.8. The average molecular weight is 250 g/mol. The third-order valence-electron chi connectivity index (χ3n) is 3.08. The molecule has 1 saturated carbocycles. The van der Waals surface area contributed by atoms with Crippen LogP contribution < -0.4 is 5.32 Å². The highest BCUT2D eigenvalue weighted by molar-refractivity contribution is 7.09. The standard InChI is InChI=1S/C13H18N2OS/c1-10-15-12(9-17-10)6-7-13(16)14-8-11-4-2-3-5-11/h6-7,9,11H,2-5,8H2,1H3,(H,14,16). The van der Waals surface area contributed by atoms with Crippen molar-refractivity contribution in [3.05, 3.63) is 22.2 Å². The minimum Gasteiger partial charge on any atom is -0.352 e. The highest BCUT2D eigenvalue weighted by Crippen LogP contribution is 2.23. The van der Waals surface area contributed by atoms with E-state index in [1.54, 1.807) is 23.5 Å². The molecule has 1 aliphatic rings. The van der Waals surface area contributed by atoms with Gasteiger partial charge in [0.15, 0.2) is 0 Å². The molecule has 1 fully saturated rings. The molecule has 0 aromatic carbocycles. The van der Waals surface area contributed by atoms with Crippen LogP contribution in [0, 0.1) is 12.8 Å². The van der Waals surface area contributed by atoms with E-state index in [1.807, 2.05) is 12.3 Å². The maximum atomic E-state index is 11.6. The van der Waals surface area contributed by atoms with Gasteiger partial charge < -0.3 is 5.32 Å². The molecule has 1 aliphatic carbocycles. The SMILES string of the molecule is Cc1nc(C=CC(=O)NCC2CCCC2)cs1. The minimum absolute atomic E-state index is 0.0115. The molecular formula is C13H18N2OS. The fraction of sp³-hybridized carbons (Fsp3) is 0.538. The molecule has 3 nitrogen and oxygen atoms in total. The van der Waals surface area contributed by atoms with Crippen LogP contribution in [0.4, 0.5) is 0 Å². The number of nitrogens with one attached hydrogen (secondary N) is 1. The second kappa shape index (κ2) is 5.96. The maximum absolute atomic E-state index is 11.6. The molecule has 0 saturated heterocycles. The van der Waals surface area contributed by atoms with Crippen molar-refractivity contribution in [1.29, 1.82) is 0 Å². The number of carbonyl (C=O) groups excluding carboxylic acids is 1. The van der Waals surface area contributed by atoms with Crippen molar-refractivity contribution in [1.82, 2.24) is 10.3 Å². The minimum atomic E-state index is -0.0115. The van der Waals surface area contributed by atoms with Gasteiger partial charge in [0.05, 0.1) is 10.7 Å². The predicted octanol–water partition coefficient (Wildman–Crippen LogP) is 2.77. The molecule has 0 unspecified atom stereocenters. The summed E-state index contributed by atoms with van der Waals surface area (Å²) in [5.74, 6) is 0.677. The van der Waals surface area contributed by atoms with Crippen molar-refractivity contribution in [2.24, 2.45) is 5.92 Å². The Labute approximate surface area is 106 Å². The molecule has 0 aliphatic heterocycles. The average Bonchev–Trinajstić information content (AvgIpc) is 2.95. The van der Waals surface area contributed by atoms with Gasteiger partial charge in [-0.2, -0.15) is 0 Å². The van der Waals surface area contributed by atoms with Gasteiger partial charge in [0, 0.05) is 18.0 Å². The number of thiazole rings is 1. The largest absolute Gasteiger partial charge is 0.352 e. The highest BCUT2D eigenvalue weighted by atomic mass is 32.1. The van der Waals surface area contributed by atoms with Gasteiger partial charge in [0.25, 0.3) is 0 Å². The van der Waals surface area contributed by atoms with Crippen LogP contribution in [0.2, 0.25) is 0 Å². The van der Waals surface area contributed by atoms with E-state index in [9.17, 15) is 4.79 Å². The summed E-state index contributed by atoms with van der Waals surface area (Å²) in [6.07, 6.45) is 8.49. The number of amides is 1. The van der Waals surface area contributed by atoms with Crippen LogP contribution in [0.3, 0.4) is 0 Å². The molecule has 1 aromatic heterocycles. The monoisotopic (exact) mass is 250 g/mol. The molecule has 2 rings (SSSR count). The molecule has 0 bridgehead atoms. The predicted molar refractivity (Wildman–Crippen MR) is 70.9 cm³/mol. The lowest BCUT2D eigenvalue weighted by atomic mass is 10.1. The third kappa shape index (κ3) is 3.97. The molecule has 0 spiro atoms. The van der Waals surface area contributed by atoms with E-state index in [2.05, 4.69) is 10.3 Å². The topological polar surface area (TPSA) is 42.0 Å². The Morgan fingerprint density at radius 2 is 2.35 bits per heavy atom. The van der Waals surface area contributed by atoms with Crippen molar-refractivity contribution in [2.45, 2.75) is 32.6 Å². The van der Waals surface area contributed by atoms with E-state index in [-0.39, 0.29) is 5.91 Å². The molecule has 17 heavy (non-hydrogen) atoms. The second-order valence-corrected chi connectivity index (χ2v) is 5.58. The first kappa shape index (κ1) is 12.3. The second-order valence-electron chi connectivity index (χ2n) is 4.52. The van der Waals surface area contributed by atoms with Crippen molar-refractivity contribution >= 4 is 23.3 Å².